The number of nitrogens with one attached hydrogen (secondary N) is 1. The van der Waals surface area contributed by atoms with E-state index in [0.717, 1.165) is 17.5 Å². The van der Waals surface area contributed by atoms with Gasteiger partial charge in [-0.25, -0.2) is 0 Å². The number of carboxylic acids is 1. The van der Waals surface area contributed by atoms with Crippen molar-refractivity contribution in [3.63, 3.8) is 0 Å². The highest BCUT2D eigenvalue weighted by Gasteiger charge is 2.29. The maximum absolute atomic E-state index is 11.4. The van der Waals surface area contributed by atoms with Gasteiger partial charge in [0.25, 0.3) is 0 Å². The molecule has 136 valence electrons. The third-order valence-corrected chi connectivity index (χ3v) is 4.56. The fraction of sp³-hybridized carbons (Fsp3) is 0.381. The molecule has 0 fully saturated rings. The standard InChI is InChI=1S/C21H27NO2.ClH/c1-15(22-16(2)18-10-6-5-7-11-18)13-17-9-8-12-19(14-17)21(3,4)20(23)24;/h5-12,14-16,22H,13H2,1-4H3,(H,23,24);1H/t15-,16-;/m1./s1. The fourth-order valence-corrected chi connectivity index (χ4v) is 2.89. The molecule has 2 N–H and O–H groups in total. The molecular formula is C21H28ClNO2. The van der Waals surface area contributed by atoms with Crippen molar-refractivity contribution in [3.8, 4) is 0 Å². The van der Waals surface area contributed by atoms with Crippen LogP contribution in [0.4, 0.5) is 0 Å². The predicted octanol–water partition coefficient (Wildman–Crippen LogP) is 4.75. The molecule has 0 radical (unpaired) electrons. The minimum Gasteiger partial charge on any atom is -0.481 e. The quantitative estimate of drug-likeness (QED) is 0.748. The minimum atomic E-state index is -0.871. The van der Waals surface area contributed by atoms with Crippen LogP contribution >= 0.6 is 12.4 Å². The molecule has 4 heteroatoms. The summed E-state index contributed by atoms with van der Waals surface area (Å²) in [6.45, 7) is 7.81. The van der Waals surface area contributed by atoms with E-state index in [-0.39, 0.29) is 18.4 Å². The molecule has 0 aliphatic heterocycles. The summed E-state index contributed by atoms with van der Waals surface area (Å²) in [7, 11) is 0. The van der Waals surface area contributed by atoms with Crippen molar-refractivity contribution in [3.05, 3.63) is 71.3 Å². The zero-order chi connectivity index (χ0) is 17.7. The number of benzene rings is 2. The summed E-state index contributed by atoms with van der Waals surface area (Å²) >= 11 is 0. The Morgan fingerprint density at radius 2 is 1.72 bits per heavy atom. The Morgan fingerprint density at radius 1 is 1.08 bits per heavy atom. The van der Waals surface area contributed by atoms with Crippen LogP contribution in [0.5, 0.6) is 0 Å². The topological polar surface area (TPSA) is 49.3 Å². The van der Waals surface area contributed by atoms with Gasteiger partial charge in [0, 0.05) is 12.1 Å². The van der Waals surface area contributed by atoms with Gasteiger partial charge in [0.1, 0.15) is 0 Å². The lowest BCUT2D eigenvalue weighted by molar-refractivity contribution is -0.142. The third-order valence-electron chi connectivity index (χ3n) is 4.56. The first-order valence-corrected chi connectivity index (χ1v) is 8.44. The summed E-state index contributed by atoms with van der Waals surface area (Å²) in [5, 5.41) is 13.0. The molecule has 0 unspecified atom stereocenters. The summed E-state index contributed by atoms with van der Waals surface area (Å²) in [6, 6.07) is 18.9. The van der Waals surface area contributed by atoms with E-state index in [1.54, 1.807) is 13.8 Å². The van der Waals surface area contributed by atoms with E-state index in [1.807, 2.05) is 24.3 Å². The van der Waals surface area contributed by atoms with Crippen LogP contribution in [0.25, 0.3) is 0 Å². The molecule has 25 heavy (non-hydrogen) atoms. The Bertz CT molecular complexity index is 685. The van der Waals surface area contributed by atoms with Crippen LogP contribution in [0.3, 0.4) is 0 Å². The van der Waals surface area contributed by atoms with Gasteiger partial charge in [-0.05, 0) is 50.8 Å². The van der Waals surface area contributed by atoms with E-state index in [1.165, 1.54) is 5.56 Å². The van der Waals surface area contributed by atoms with Crippen molar-refractivity contribution in [2.75, 3.05) is 0 Å². The maximum atomic E-state index is 11.4. The lowest BCUT2D eigenvalue weighted by Crippen LogP contribution is -2.31. The van der Waals surface area contributed by atoms with Crippen LogP contribution in [-0.2, 0) is 16.6 Å². The SMILES string of the molecule is C[C@H](Cc1cccc(C(C)(C)C(=O)O)c1)N[C@H](C)c1ccccc1.Cl. The molecule has 0 spiro atoms. The fourth-order valence-electron chi connectivity index (χ4n) is 2.89. The normalized spacial score (nSPS) is 13.6. The van der Waals surface area contributed by atoms with Crippen LogP contribution in [0.15, 0.2) is 54.6 Å². The van der Waals surface area contributed by atoms with Crippen molar-refractivity contribution in [1.82, 2.24) is 5.32 Å². The second-order valence-corrected chi connectivity index (χ2v) is 7.03. The maximum Gasteiger partial charge on any atom is 0.313 e. The monoisotopic (exact) mass is 361 g/mol. The van der Waals surface area contributed by atoms with Crippen LogP contribution in [-0.4, -0.2) is 17.1 Å². The van der Waals surface area contributed by atoms with Gasteiger partial charge in [-0.2, -0.15) is 0 Å². The molecule has 2 atom stereocenters. The van der Waals surface area contributed by atoms with E-state index in [4.69, 9.17) is 0 Å². The van der Waals surface area contributed by atoms with Gasteiger partial charge in [0.2, 0.25) is 0 Å². The van der Waals surface area contributed by atoms with Gasteiger partial charge < -0.3 is 10.4 Å². The van der Waals surface area contributed by atoms with E-state index >= 15 is 0 Å². The molecule has 0 aromatic heterocycles. The largest absolute Gasteiger partial charge is 0.481 e. The molecule has 0 aliphatic carbocycles. The number of hydrogen-bond donors (Lipinski definition) is 2. The smallest absolute Gasteiger partial charge is 0.313 e. The van der Waals surface area contributed by atoms with Gasteiger partial charge >= 0.3 is 5.97 Å². The lowest BCUT2D eigenvalue weighted by atomic mass is 9.83. The van der Waals surface area contributed by atoms with E-state index in [9.17, 15) is 9.90 Å². The zero-order valence-electron chi connectivity index (χ0n) is 15.3. The van der Waals surface area contributed by atoms with Gasteiger partial charge in [0.15, 0.2) is 0 Å². The van der Waals surface area contributed by atoms with Crippen LogP contribution < -0.4 is 5.32 Å². The molecule has 2 aromatic rings. The van der Waals surface area contributed by atoms with E-state index in [0.29, 0.717) is 6.04 Å². The van der Waals surface area contributed by atoms with Crippen molar-refractivity contribution in [2.24, 2.45) is 0 Å². The molecule has 0 amide bonds. The number of carbonyl (C=O) groups is 1. The first-order chi connectivity index (χ1) is 11.3. The summed E-state index contributed by atoms with van der Waals surface area (Å²) < 4.78 is 0. The molecule has 0 heterocycles. The van der Waals surface area contributed by atoms with Crippen LogP contribution in [0.2, 0.25) is 0 Å². The first-order valence-electron chi connectivity index (χ1n) is 8.44. The Kier molecular flexibility index (Phi) is 7.65. The molecular weight excluding hydrogens is 334 g/mol. The predicted molar refractivity (Wildman–Crippen MR) is 106 cm³/mol. The summed E-state index contributed by atoms with van der Waals surface area (Å²) in [6.07, 6.45) is 0.862. The highest BCUT2D eigenvalue weighted by molar-refractivity contribution is 5.85. The summed E-state index contributed by atoms with van der Waals surface area (Å²) in [5.41, 5.74) is 2.40. The molecule has 2 aromatic carbocycles. The third kappa shape index (κ3) is 5.58. The summed E-state index contributed by atoms with van der Waals surface area (Å²) in [4.78, 5) is 11.4. The average Bonchev–Trinajstić information content (AvgIpc) is 2.55. The number of halogens is 1. The minimum absolute atomic E-state index is 0. The second kappa shape index (κ2) is 9.02. The Morgan fingerprint density at radius 3 is 2.32 bits per heavy atom. The van der Waals surface area contributed by atoms with E-state index in [2.05, 4.69) is 49.5 Å². The lowest BCUT2D eigenvalue weighted by Gasteiger charge is -2.23. The summed E-state index contributed by atoms with van der Waals surface area (Å²) in [5.74, 6) is -0.802. The van der Waals surface area contributed by atoms with Crippen molar-refractivity contribution >= 4 is 18.4 Å². The van der Waals surface area contributed by atoms with Crippen molar-refractivity contribution in [1.29, 1.82) is 0 Å². The van der Waals surface area contributed by atoms with Crippen molar-refractivity contribution < 1.29 is 9.90 Å². The van der Waals surface area contributed by atoms with Crippen molar-refractivity contribution in [2.45, 2.75) is 51.6 Å². The van der Waals surface area contributed by atoms with Gasteiger partial charge in [-0.1, -0.05) is 54.6 Å². The van der Waals surface area contributed by atoms with Crippen LogP contribution in [0, 0.1) is 0 Å². The molecule has 0 aliphatic rings. The Labute approximate surface area is 156 Å². The molecule has 0 saturated heterocycles. The first kappa shape index (κ1) is 21.2. The molecule has 0 saturated carbocycles. The molecule has 0 bridgehead atoms. The number of aliphatic carboxylic acids is 1. The highest BCUT2D eigenvalue weighted by atomic mass is 35.5. The average molecular weight is 362 g/mol. The molecule has 3 nitrogen and oxygen atoms in total. The van der Waals surface area contributed by atoms with Gasteiger partial charge in [-0.15, -0.1) is 12.4 Å². The van der Waals surface area contributed by atoms with Crippen LogP contribution in [0.1, 0.15) is 50.4 Å². The number of rotatable bonds is 7. The molecule has 2 rings (SSSR count). The van der Waals surface area contributed by atoms with Gasteiger partial charge in [-0.3, -0.25) is 4.79 Å². The number of carboxylic acid groups (broad SMARTS) is 1. The highest BCUT2D eigenvalue weighted by Crippen LogP contribution is 2.24. The second-order valence-electron chi connectivity index (χ2n) is 7.03. The van der Waals surface area contributed by atoms with E-state index < -0.39 is 11.4 Å². The van der Waals surface area contributed by atoms with Gasteiger partial charge in [0.05, 0.1) is 5.41 Å². The Balaban J connectivity index is 0.00000312. The number of hydrogen-bond acceptors (Lipinski definition) is 2. The zero-order valence-corrected chi connectivity index (χ0v) is 16.1. The Hall–Kier alpha value is -1.84.